The molecule has 0 aliphatic carbocycles. The Morgan fingerprint density at radius 2 is 1.54 bits per heavy atom. The van der Waals surface area contributed by atoms with Gasteiger partial charge < -0.3 is 20.3 Å². The van der Waals surface area contributed by atoms with Crippen molar-refractivity contribution in [3.05, 3.63) is 120 Å². The van der Waals surface area contributed by atoms with Crippen molar-refractivity contribution >= 4 is 39.5 Å². The highest BCUT2D eigenvalue weighted by molar-refractivity contribution is 6.01. The van der Waals surface area contributed by atoms with E-state index in [0.29, 0.717) is 5.56 Å². The zero-order valence-corrected chi connectivity index (χ0v) is 21.5. The Labute approximate surface area is 226 Å². The summed E-state index contributed by atoms with van der Waals surface area (Å²) in [4.78, 5) is 44.0. The molecule has 0 radical (unpaired) electrons. The predicted octanol–water partition coefficient (Wildman–Crippen LogP) is 4.82. The Balaban J connectivity index is 1.41. The number of aromatic nitrogens is 1. The summed E-state index contributed by atoms with van der Waals surface area (Å²) < 4.78 is 0. The number of amides is 2. The number of hydrogen-bond donors (Lipinski definition) is 3. The standard InChI is InChI=1S/C32H29N3O4/c1-35(31(37)24-16-15-22-11-5-6-12-23(22)18-24)29(17-21-9-3-2-4-10-21)30(36)34-28(32(38)39)19-25-20-33-27-14-8-7-13-26(25)27/h2-16,18,20,28-29,33H,17,19H2,1H3,(H,34,36)(H,38,39)/t28-,29+/m0/s1. The number of aliphatic carboxylic acids is 1. The van der Waals surface area contributed by atoms with Crippen LogP contribution in [0.15, 0.2) is 103 Å². The van der Waals surface area contributed by atoms with Gasteiger partial charge in [0.2, 0.25) is 5.91 Å². The number of aromatic amines is 1. The molecule has 4 aromatic carbocycles. The smallest absolute Gasteiger partial charge is 0.326 e. The summed E-state index contributed by atoms with van der Waals surface area (Å²) in [5.74, 6) is -1.99. The number of carboxylic acid groups (broad SMARTS) is 1. The van der Waals surface area contributed by atoms with Gasteiger partial charge in [0, 0.05) is 42.6 Å². The molecule has 39 heavy (non-hydrogen) atoms. The van der Waals surface area contributed by atoms with Gasteiger partial charge in [-0.05, 0) is 40.1 Å². The molecule has 0 aliphatic heterocycles. The molecule has 5 rings (SSSR count). The van der Waals surface area contributed by atoms with Gasteiger partial charge in [-0.25, -0.2) is 4.79 Å². The maximum Gasteiger partial charge on any atom is 0.326 e. The van der Waals surface area contributed by atoms with Crippen molar-refractivity contribution in [1.82, 2.24) is 15.2 Å². The van der Waals surface area contributed by atoms with Crippen LogP contribution in [0.3, 0.4) is 0 Å². The molecule has 2 atom stereocenters. The van der Waals surface area contributed by atoms with Crippen LogP contribution in [-0.4, -0.2) is 51.9 Å². The molecule has 1 aromatic heterocycles. The van der Waals surface area contributed by atoms with Crippen LogP contribution in [0.4, 0.5) is 0 Å². The molecule has 5 aromatic rings. The molecule has 7 nitrogen and oxygen atoms in total. The van der Waals surface area contributed by atoms with Crippen LogP contribution in [-0.2, 0) is 22.4 Å². The lowest BCUT2D eigenvalue weighted by Gasteiger charge is -2.29. The third-order valence-electron chi connectivity index (χ3n) is 7.07. The largest absolute Gasteiger partial charge is 0.480 e. The van der Waals surface area contributed by atoms with E-state index in [1.54, 1.807) is 19.3 Å². The van der Waals surface area contributed by atoms with Crippen LogP contribution < -0.4 is 5.32 Å². The van der Waals surface area contributed by atoms with Gasteiger partial charge in [-0.2, -0.15) is 0 Å². The number of rotatable bonds is 9. The minimum atomic E-state index is -1.17. The fourth-order valence-electron chi connectivity index (χ4n) is 4.90. The summed E-state index contributed by atoms with van der Waals surface area (Å²) in [6.07, 6.45) is 2.11. The molecule has 0 saturated carbocycles. The summed E-state index contributed by atoms with van der Waals surface area (Å²) in [6.45, 7) is 0. The summed E-state index contributed by atoms with van der Waals surface area (Å²) >= 11 is 0. The molecule has 0 aliphatic rings. The molecule has 0 spiro atoms. The first-order valence-electron chi connectivity index (χ1n) is 12.8. The fourth-order valence-corrected chi connectivity index (χ4v) is 4.90. The van der Waals surface area contributed by atoms with Crippen LogP contribution in [0.1, 0.15) is 21.5 Å². The van der Waals surface area contributed by atoms with E-state index in [1.807, 2.05) is 91.0 Å². The van der Waals surface area contributed by atoms with Gasteiger partial charge in [-0.1, -0.05) is 78.9 Å². The average Bonchev–Trinajstić information content (AvgIpc) is 3.37. The number of hydrogen-bond acceptors (Lipinski definition) is 3. The van der Waals surface area contributed by atoms with Gasteiger partial charge in [0.05, 0.1) is 0 Å². The Morgan fingerprint density at radius 3 is 2.31 bits per heavy atom. The topological polar surface area (TPSA) is 103 Å². The van der Waals surface area contributed by atoms with Crippen molar-refractivity contribution < 1.29 is 19.5 Å². The average molecular weight is 520 g/mol. The second-order valence-corrected chi connectivity index (χ2v) is 9.65. The quantitative estimate of drug-likeness (QED) is 0.260. The summed E-state index contributed by atoms with van der Waals surface area (Å²) in [6, 6.07) is 28.1. The van der Waals surface area contributed by atoms with E-state index >= 15 is 0 Å². The first-order valence-corrected chi connectivity index (χ1v) is 12.8. The van der Waals surface area contributed by atoms with Crippen LogP contribution in [0, 0.1) is 0 Å². The van der Waals surface area contributed by atoms with Crippen LogP contribution in [0.25, 0.3) is 21.7 Å². The third-order valence-corrected chi connectivity index (χ3v) is 7.07. The van der Waals surface area contributed by atoms with Gasteiger partial charge in [-0.15, -0.1) is 0 Å². The lowest BCUT2D eigenvalue weighted by atomic mass is 10.0. The van der Waals surface area contributed by atoms with Crippen LogP contribution in [0.2, 0.25) is 0 Å². The molecule has 1 heterocycles. The molecule has 0 saturated heterocycles. The van der Waals surface area contributed by atoms with Gasteiger partial charge in [0.15, 0.2) is 0 Å². The van der Waals surface area contributed by atoms with Crippen LogP contribution in [0.5, 0.6) is 0 Å². The van der Waals surface area contributed by atoms with Gasteiger partial charge in [0.25, 0.3) is 5.91 Å². The Kier molecular flexibility index (Phi) is 7.41. The second-order valence-electron chi connectivity index (χ2n) is 9.65. The number of nitrogens with zero attached hydrogens (tertiary/aromatic N) is 1. The molecule has 0 unspecified atom stereocenters. The summed E-state index contributed by atoms with van der Waals surface area (Å²) in [5, 5.41) is 15.5. The van der Waals surface area contributed by atoms with Crippen molar-refractivity contribution in [3.8, 4) is 0 Å². The van der Waals surface area contributed by atoms with Gasteiger partial charge >= 0.3 is 5.97 Å². The molecule has 3 N–H and O–H groups in total. The maximum absolute atomic E-state index is 13.7. The maximum atomic E-state index is 13.7. The van der Waals surface area contributed by atoms with Crippen LogP contribution >= 0.6 is 0 Å². The predicted molar refractivity (Wildman–Crippen MR) is 152 cm³/mol. The van der Waals surface area contributed by atoms with Crippen molar-refractivity contribution in [1.29, 1.82) is 0 Å². The molecular formula is C32H29N3O4. The third kappa shape index (κ3) is 5.67. The number of benzene rings is 4. The molecule has 0 bridgehead atoms. The highest BCUT2D eigenvalue weighted by atomic mass is 16.4. The highest BCUT2D eigenvalue weighted by Gasteiger charge is 2.31. The van der Waals surface area contributed by atoms with E-state index in [0.717, 1.165) is 32.8 Å². The summed E-state index contributed by atoms with van der Waals surface area (Å²) in [7, 11) is 1.58. The van der Waals surface area contributed by atoms with E-state index in [-0.39, 0.29) is 18.7 Å². The Bertz CT molecular complexity index is 1640. The number of carbonyl (C=O) groups excluding carboxylic acids is 2. The molecule has 196 valence electrons. The molecular weight excluding hydrogens is 490 g/mol. The number of likely N-dealkylation sites (N-methyl/N-ethyl adjacent to an activating group) is 1. The van der Waals surface area contributed by atoms with Gasteiger partial charge in [-0.3, -0.25) is 9.59 Å². The number of carbonyl (C=O) groups is 3. The van der Waals surface area contributed by atoms with Crippen molar-refractivity contribution in [2.24, 2.45) is 0 Å². The summed E-state index contributed by atoms with van der Waals surface area (Å²) in [5.41, 5.74) is 3.00. The number of para-hydroxylation sites is 1. The zero-order valence-electron chi connectivity index (χ0n) is 21.5. The fraction of sp³-hybridized carbons (Fsp3) is 0.156. The SMILES string of the molecule is CN(C(=O)c1ccc2ccccc2c1)[C@H](Cc1ccccc1)C(=O)N[C@@H](Cc1c[nH]c2ccccc12)C(=O)O. The monoisotopic (exact) mass is 519 g/mol. The number of carboxylic acids is 1. The first kappa shape index (κ1) is 25.7. The van der Waals surface area contributed by atoms with E-state index in [1.165, 1.54) is 4.90 Å². The number of nitrogens with one attached hydrogen (secondary N) is 2. The second kappa shape index (κ2) is 11.2. The van der Waals surface area contributed by atoms with E-state index in [2.05, 4.69) is 10.3 Å². The van der Waals surface area contributed by atoms with E-state index < -0.39 is 24.0 Å². The molecule has 2 amide bonds. The normalized spacial score (nSPS) is 12.6. The number of H-pyrrole nitrogens is 1. The number of fused-ring (bicyclic) bond motifs is 2. The minimum Gasteiger partial charge on any atom is -0.480 e. The zero-order chi connectivity index (χ0) is 27.4. The van der Waals surface area contributed by atoms with Crippen molar-refractivity contribution in [2.75, 3.05) is 7.05 Å². The van der Waals surface area contributed by atoms with E-state index in [9.17, 15) is 19.5 Å². The Hall–Kier alpha value is -4.91. The molecule has 0 fully saturated rings. The first-order chi connectivity index (χ1) is 18.9. The van der Waals surface area contributed by atoms with Gasteiger partial charge in [0.1, 0.15) is 12.1 Å². The van der Waals surface area contributed by atoms with Crippen molar-refractivity contribution in [2.45, 2.75) is 24.9 Å². The van der Waals surface area contributed by atoms with Crippen molar-refractivity contribution in [3.63, 3.8) is 0 Å². The highest BCUT2D eigenvalue weighted by Crippen LogP contribution is 2.21. The minimum absolute atomic E-state index is 0.103. The van der Waals surface area contributed by atoms with E-state index in [4.69, 9.17) is 0 Å². The Morgan fingerprint density at radius 1 is 0.846 bits per heavy atom. The molecule has 7 heteroatoms. The lowest BCUT2D eigenvalue weighted by molar-refractivity contribution is -0.142. The lowest BCUT2D eigenvalue weighted by Crippen LogP contribution is -2.53.